The summed E-state index contributed by atoms with van der Waals surface area (Å²) in [5.74, 6) is -0.510. The number of hydrogen-bond donors (Lipinski definition) is 3. The molecular formula is C27H31N5O5S. The molecule has 4 aromatic rings. The number of ether oxygens (including phenoxy) is 1. The number of methoxy groups -OCH3 is 1. The molecule has 0 amide bonds. The van der Waals surface area contributed by atoms with E-state index in [-0.39, 0.29) is 22.7 Å². The van der Waals surface area contributed by atoms with Gasteiger partial charge in [-0.25, -0.2) is 23.2 Å². The van der Waals surface area contributed by atoms with E-state index in [0.717, 1.165) is 11.9 Å². The van der Waals surface area contributed by atoms with Gasteiger partial charge in [0.2, 0.25) is 0 Å². The number of fused-ring (bicyclic) bond motifs is 1. The first kappa shape index (κ1) is 27.2. The van der Waals surface area contributed by atoms with Crippen LogP contribution in [-0.4, -0.2) is 53.2 Å². The fourth-order valence-electron chi connectivity index (χ4n) is 3.95. The number of imidazole rings is 1. The number of nitrogens with one attached hydrogen (secondary N) is 2. The molecule has 0 spiro atoms. The second-order valence-electron chi connectivity index (χ2n) is 9.54. The van der Waals surface area contributed by atoms with Gasteiger partial charge in [0.15, 0.2) is 11.3 Å². The van der Waals surface area contributed by atoms with Gasteiger partial charge in [-0.15, -0.1) is 0 Å². The molecule has 2 aromatic carbocycles. The number of benzene rings is 2. The second kappa shape index (κ2) is 11.3. The second-order valence-corrected chi connectivity index (χ2v) is 11.2. The standard InChI is InChI=1S/C27H31N5O5S/c1-27(2,14-15-32-18-28-25-23(32)13-12-22(30-25)26(34)37-3)29-17-24(33)19-8-7-9-20(16-19)31-38(35,36)21-10-5-4-6-11-21/h4-13,16,18,24,29,31,33H,14-15,17H2,1-3H3. The van der Waals surface area contributed by atoms with Gasteiger partial charge in [0.05, 0.1) is 30.0 Å². The summed E-state index contributed by atoms with van der Waals surface area (Å²) in [6.07, 6.45) is 1.57. The van der Waals surface area contributed by atoms with Crippen molar-refractivity contribution < 1.29 is 23.1 Å². The molecule has 1 atom stereocenters. The van der Waals surface area contributed by atoms with Gasteiger partial charge < -0.3 is 19.7 Å². The topological polar surface area (TPSA) is 135 Å². The molecule has 10 nitrogen and oxygen atoms in total. The molecule has 0 saturated carbocycles. The van der Waals surface area contributed by atoms with Crippen LogP contribution in [0.4, 0.5) is 5.69 Å². The molecule has 2 heterocycles. The number of anilines is 1. The average molecular weight is 538 g/mol. The van der Waals surface area contributed by atoms with Crippen LogP contribution in [0.5, 0.6) is 0 Å². The molecule has 200 valence electrons. The third-order valence-corrected chi connectivity index (χ3v) is 7.60. The number of carbonyl (C=O) groups excluding carboxylic acids is 1. The first-order chi connectivity index (χ1) is 18.1. The average Bonchev–Trinajstić information content (AvgIpc) is 3.33. The summed E-state index contributed by atoms with van der Waals surface area (Å²) in [5.41, 5.74) is 2.12. The number of rotatable bonds is 11. The van der Waals surface area contributed by atoms with Gasteiger partial charge >= 0.3 is 5.97 Å². The molecule has 0 bridgehead atoms. The van der Waals surface area contributed by atoms with E-state index in [1.807, 2.05) is 18.4 Å². The predicted molar refractivity (Wildman–Crippen MR) is 144 cm³/mol. The number of aryl methyl sites for hydroxylation is 1. The first-order valence-corrected chi connectivity index (χ1v) is 13.6. The van der Waals surface area contributed by atoms with Gasteiger partial charge in [0.1, 0.15) is 0 Å². The predicted octanol–water partition coefficient (Wildman–Crippen LogP) is 3.51. The SMILES string of the molecule is COC(=O)c1ccc2c(ncn2CCC(C)(C)NCC(O)c2cccc(NS(=O)(=O)c3ccccc3)c2)n1. The molecule has 0 saturated heterocycles. The lowest BCUT2D eigenvalue weighted by molar-refractivity contribution is 0.0594. The van der Waals surface area contributed by atoms with Crippen LogP contribution in [0.3, 0.4) is 0 Å². The van der Waals surface area contributed by atoms with Crippen LogP contribution in [-0.2, 0) is 21.3 Å². The Kier molecular flexibility index (Phi) is 8.10. The fourth-order valence-corrected chi connectivity index (χ4v) is 5.02. The van der Waals surface area contributed by atoms with E-state index in [2.05, 4.69) is 20.0 Å². The van der Waals surface area contributed by atoms with Crippen molar-refractivity contribution in [3.63, 3.8) is 0 Å². The van der Waals surface area contributed by atoms with Gasteiger partial charge in [0.25, 0.3) is 10.0 Å². The van der Waals surface area contributed by atoms with Crippen molar-refractivity contribution in [1.82, 2.24) is 19.9 Å². The summed E-state index contributed by atoms with van der Waals surface area (Å²) in [4.78, 5) is 20.4. The van der Waals surface area contributed by atoms with Gasteiger partial charge in [-0.3, -0.25) is 4.72 Å². The Labute approximate surface area is 221 Å². The van der Waals surface area contributed by atoms with E-state index in [9.17, 15) is 18.3 Å². The Morgan fingerprint density at radius 1 is 1.11 bits per heavy atom. The lowest BCUT2D eigenvalue weighted by Crippen LogP contribution is -2.42. The summed E-state index contributed by atoms with van der Waals surface area (Å²) < 4.78 is 34.5. The highest BCUT2D eigenvalue weighted by Crippen LogP contribution is 2.22. The molecule has 0 aliphatic rings. The zero-order chi connectivity index (χ0) is 27.3. The minimum atomic E-state index is -3.73. The Balaban J connectivity index is 1.35. The normalized spacial score (nSPS) is 12.8. The fraction of sp³-hybridized carbons (Fsp3) is 0.296. The number of aliphatic hydroxyl groups is 1. The van der Waals surface area contributed by atoms with Gasteiger partial charge in [-0.2, -0.15) is 0 Å². The van der Waals surface area contributed by atoms with Crippen molar-refractivity contribution in [3.8, 4) is 0 Å². The molecule has 0 fully saturated rings. The third kappa shape index (κ3) is 6.55. The Bertz CT molecular complexity index is 1520. The number of sulfonamides is 1. The van der Waals surface area contributed by atoms with Gasteiger partial charge in [-0.1, -0.05) is 30.3 Å². The summed E-state index contributed by atoms with van der Waals surface area (Å²) in [7, 11) is -2.42. The zero-order valence-corrected chi connectivity index (χ0v) is 22.3. The van der Waals surface area contributed by atoms with E-state index in [4.69, 9.17) is 4.74 Å². The maximum absolute atomic E-state index is 12.6. The van der Waals surface area contributed by atoms with Crippen molar-refractivity contribution in [3.05, 3.63) is 84.3 Å². The molecule has 1 unspecified atom stereocenters. The largest absolute Gasteiger partial charge is 0.464 e. The Morgan fingerprint density at radius 3 is 2.61 bits per heavy atom. The lowest BCUT2D eigenvalue weighted by Gasteiger charge is -2.28. The minimum absolute atomic E-state index is 0.166. The van der Waals surface area contributed by atoms with Crippen LogP contribution in [0.2, 0.25) is 0 Å². The quantitative estimate of drug-likeness (QED) is 0.247. The molecule has 0 radical (unpaired) electrons. The number of aliphatic hydroxyl groups excluding tert-OH is 1. The van der Waals surface area contributed by atoms with E-state index < -0.39 is 22.1 Å². The molecular weight excluding hydrogens is 506 g/mol. The summed E-state index contributed by atoms with van der Waals surface area (Å²) in [6, 6.07) is 18.3. The first-order valence-electron chi connectivity index (χ1n) is 12.1. The molecule has 2 aromatic heterocycles. The van der Waals surface area contributed by atoms with E-state index >= 15 is 0 Å². The molecule has 0 aliphatic carbocycles. The maximum atomic E-state index is 12.6. The maximum Gasteiger partial charge on any atom is 0.356 e. The van der Waals surface area contributed by atoms with E-state index in [1.165, 1.54) is 19.2 Å². The molecule has 4 rings (SSSR count). The minimum Gasteiger partial charge on any atom is -0.464 e. The van der Waals surface area contributed by atoms with Crippen LogP contribution >= 0.6 is 0 Å². The van der Waals surface area contributed by atoms with Crippen LogP contribution in [0.1, 0.15) is 42.4 Å². The number of carbonyl (C=O) groups is 1. The number of esters is 1. The Hall–Kier alpha value is -3.80. The number of aromatic nitrogens is 3. The van der Waals surface area contributed by atoms with Crippen molar-refractivity contribution in [2.75, 3.05) is 18.4 Å². The lowest BCUT2D eigenvalue weighted by atomic mass is 9.99. The molecule has 11 heteroatoms. The van der Waals surface area contributed by atoms with Crippen LogP contribution in [0, 0.1) is 0 Å². The highest BCUT2D eigenvalue weighted by Gasteiger charge is 2.21. The van der Waals surface area contributed by atoms with Gasteiger partial charge in [0, 0.05) is 24.3 Å². The number of β-amino-alcohol motifs (C(OH)–C–C–N with tert-alkyl or cyclic N) is 1. The number of hydrogen-bond acceptors (Lipinski definition) is 8. The smallest absolute Gasteiger partial charge is 0.356 e. The summed E-state index contributed by atoms with van der Waals surface area (Å²) >= 11 is 0. The Morgan fingerprint density at radius 2 is 1.87 bits per heavy atom. The van der Waals surface area contributed by atoms with Crippen molar-refractivity contribution in [2.45, 2.75) is 43.4 Å². The van der Waals surface area contributed by atoms with E-state index in [0.29, 0.717) is 23.4 Å². The summed E-state index contributed by atoms with van der Waals surface area (Å²) in [5, 5.41) is 14.2. The van der Waals surface area contributed by atoms with E-state index in [1.54, 1.807) is 60.9 Å². The third-order valence-electron chi connectivity index (χ3n) is 6.21. The van der Waals surface area contributed by atoms with Crippen LogP contribution in [0.25, 0.3) is 11.2 Å². The highest BCUT2D eigenvalue weighted by atomic mass is 32.2. The number of pyridine rings is 1. The van der Waals surface area contributed by atoms with Crippen LogP contribution < -0.4 is 10.0 Å². The monoisotopic (exact) mass is 537 g/mol. The zero-order valence-electron chi connectivity index (χ0n) is 21.5. The van der Waals surface area contributed by atoms with Crippen molar-refractivity contribution in [1.29, 1.82) is 0 Å². The highest BCUT2D eigenvalue weighted by molar-refractivity contribution is 7.92. The summed E-state index contributed by atoms with van der Waals surface area (Å²) in [6.45, 7) is 4.99. The van der Waals surface area contributed by atoms with Gasteiger partial charge in [-0.05, 0) is 62.2 Å². The molecule has 0 aliphatic heterocycles. The van der Waals surface area contributed by atoms with Crippen LogP contribution in [0.15, 0.2) is 78.0 Å². The van der Waals surface area contributed by atoms with Crippen molar-refractivity contribution in [2.24, 2.45) is 0 Å². The molecule has 38 heavy (non-hydrogen) atoms. The van der Waals surface area contributed by atoms with Crippen molar-refractivity contribution >= 4 is 32.8 Å². The number of nitrogens with zero attached hydrogens (tertiary/aromatic N) is 3. The molecule has 3 N–H and O–H groups in total.